The van der Waals surface area contributed by atoms with Crippen LogP contribution in [0, 0.1) is 43.4 Å². The van der Waals surface area contributed by atoms with Crippen molar-refractivity contribution in [1.29, 1.82) is 10.5 Å². The fourth-order valence-corrected chi connectivity index (χ4v) is 7.14. The van der Waals surface area contributed by atoms with Crippen molar-refractivity contribution in [1.82, 2.24) is 4.98 Å². The third kappa shape index (κ3) is 4.15. The van der Waals surface area contributed by atoms with Crippen LogP contribution in [0.25, 0.3) is 22.6 Å². The molecule has 40 heavy (non-hydrogen) atoms. The molecule has 6 rings (SSSR count). The smallest absolute Gasteiger partial charge is 0.137 e. The molecule has 2 aliphatic carbocycles. The molecule has 0 radical (unpaired) electrons. The van der Waals surface area contributed by atoms with E-state index in [4.69, 9.17) is 4.98 Å². The van der Waals surface area contributed by atoms with E-state index in [0.717, 1.165) is 51.0 Å². The number of hydrogen-bond acceptors (Lipinski definition) is 5. The summed E-state index contributed by atoms with van der Waals surface area (Å²) in [7, 11) is 0. The van der Waals surface area contributed by atoms with Crippen molar-refractivity contribution in [2.45, 2.75) is 52.9 Å². The fraction of sp³-hybridized carbons (Fsp3) is 0.229. The number of rotatable bonds is 4. The highest BCUT2D eigenvalue weighted by Crippen LogP contribution is 2.53. The minimum atomic E-state index is -0.311. The number of thiophene rings is 1. The summed E-state index contributed by atoms with van der Waals surface area (Å²) in [4.78, 5) is 9.73. The van der Waals surface area contributed by atoms with Gasteiger partial charge in [-0.3, -0.25) is 4.90 Å². The van der Waals surface area contributed by atoms with Crippen molar-refractivity contribution in [2.24, 2.45) is 0 Å². The van der Waals surface area contributed by atoms with Gasteiger partial charge in [-0.25, -0.2) is 4.98 Å². The predicted octanol–water partition coefficient (Wildman–Crippen LogP) is 9.23. The van der Waals surface area contributed by atoms with Gasteiger partial charge in [0.05, 0.1) is 5.69 Å². The minimum Gasteiger partial charge on any atom is -0.295 e. The van der Waals surface area contributed by atoms with Crippen LogP contribution in [0.3, 0.4) is 0 Å². The van der Waals surface area contributed by atoms with Crippen molar-refractivity contribution >= 4 is 40.7 Å². The van der Waals surface area contributed by atoms with Gasteiger partial charge in [0.25, 0.3) is 0 Å². The first-order valence-electron chi connectivity index (χ1n) is 13.6. The molecule has 0 saturated carbocycles. The number of hydrogen-bond donors (Lipinski definition) is 0. The largest absolute Gasteiger partial charge is 0.295 e. The van der Waals surface area contributed by atoms with Crippen molar-refractivity contribution in [3.8, 4) is 22.6 Å². The Morgan fingerprint density at radius 2 is 1.73 bits per heavy atom. The molecular weight excluding hydrogens is 508 g/mol. The molecule has 2 aromatic carbocycles. The van der Waals surface area contributed by atoms with Crippen LogP contribution in [0.15, 0.2) is 60.2 Å². The summed E-state index contributed by atoms with van der Waals surface area (Å²) in [5.74, 6) is 0.896. The summed E-state index contributed by atoms with van der Waals surface area (Å²) in [6, 6.07) is 21.6. The van der Waals surface area contributed by atoms with E-state index in [0.29, 0.717) is 0 Å². The van der Waals surface area contributed by atoms with E-state index < -0.39 is 0 Å². The van der Waals surface area contributed by atoms with Crippen LogP contribution in [0.5, 0.6) is 0 Å². The van der Waals surface area contributed by atoms with E-state index in [1.807, 2.05) is 12.1 Å². The Kier molecular flexibility index (Phi) is 6.21. The van der Waals surface area contributed by atoms with Crippen LogP contribution in [-0.2, 0) is 11.8 Å². The Balaban J connectivity index is 1.51. The molecule has 0 spiro atoms. The second kappa shape index (κ2) is 9.63. The van der Waals surface area contributed by atoms with Gasteiger partial charge >= 0.3 is 0 Å². The van der Waals surface area contributed by atoms with Crippen molar-refractivity contribution in [3.63, 3.8) is 0 Å². The third-order valence-corrected chi connectivity index (χ3v) is 9.45. The number of nitriles is 2. The summed E-state index contributed by atoms with van der Waals surface area (Å²) in [6.07, 6.45) is 8.25. The summed E-state index contributed by atoms with van der Waals surface area (Å²) in [6.45, 7) is 10.9. The lowest BCUT2D eigenvalue weighted by Crippen LogP contribution is -2.19. The topological polar surface area (TPSA) is 63.7 Å². The molecule has 0 atom stereocenters. The molecule has 4 aromatic rings. The van der Waals surface area contributed by atoms with Gasteiger partial charge in [-0.15, -0.1) is 11.3 Å². The summed E-state index contributed by atoms with van der Waals surface area (Å²) < 4.78 is 0. The van der Waals surface area contributed by atoms with Crippen LogP contribution < -0.4 is 4.90 Å². The number of allylic oxidation sites excluding steroid dienone is 2. The van der Waals surface area contributed by atoms with Gasteiger partial charge in [-0.05, 0) is 116 Å². The Morgan fingerprint density at radius 1 is 0.975 bits per heavy atom. The highest BCUT2D eigenvalue weighted by molar-refractivity contribution is 7.16. The number of pyridine rings is 1. The molecule has 0 aliphatic heterocycles. The maximum absolute atomic E-state index is 9.23. The number of anilines is 3. The van der Waals surface area contributed by atoms with Gasteiger partial charge in [0, 0.05) is 32.1 Å². The van der Waals surface area contributed by atoms with Crippen molar-refractivity contribution < 1.29 is 0 Å². The SMILES string of the molecule is Cc1cc(N(c2ccc3c(c2)CCC=C3)c2ccc3c(n2)C(C)(C)c2cc(C=C(C#N)C#N)sc2-3)cc(C)c1C. The van der Waals surface area contributed by atoms with E-state index in [-0.39, 0.29) is 11.0 Å². The van der Waals surface area contributed by atoms with Gasteiger partial charge in [-0.1, -0.05) is 32.1 Å². The molecule has 2 heterocycles. The summed E-state index contributed by atoms with van der Waals surface area (Å²) in [5.41, 5.74) is 11.9. The second-order valence-corrected chi connectivity index (χ2v) is 12.3. The number of nitrogens with zero attached hydrogens (tertiary/aromatic N) is 4. The highest BCUT2D eigenvalue weighted by Gasteiger charge is 2.39. The molecule has 0 unspecified atom stereocenters. The number of aryl methyl sites for hydroxylation is 3. The number of fused-ring (bicyclic) bond motifs is 4. The van der Waals surface area contributed by atoms with Crippen LogP contribution in [0.4, 0.5) is 17.2 Å². The van der Waals surface area contributed by atoms with Crippen LogP contribution in [0.1, 0.15) is 64.2 Å². The van der Waals surface area contributed by atoms with E-state index in [2.05, 4.69) is 100 Å². The molecule has 196 valence electrons. The van der Waals surface area contributed by atoms with Gasteiger partial charge in [0.15, 0.2) is 0 Å². The molecule has 5 heteroatoms. The number of benzene rings is 2. The molecule has 0 saturated heterocycles. The Bertz CT molecular complexity index is 1800. The van der Waals surface area contributed by atoms with E-state index in [1.165, 1.54) is 33.4 Å². The molecular formula is C35H30N4S. The Labute approximate surface area is 240 Å². The summed E-state index contributed by atoms with van der Waals surface area (Å²) >= 11 is 1.62. The average Bonchev–Trinajstić information content (AvgIpc) is 3.46. The van der Waals surface area contributed by atoms with Crippen LogP contribution in [-0.4, -0.2) is 4.98 Å². The quantitative estimate of drug-likeness (QED) is 0.243. The van der Waals surface area contributed by atoms with E-state index in [1.54, 1.807) is 17.4 Å². The first-order chi connectivity index (χ1) is 19.2. The average molecular weight is 539 g/mol. The monoisotopic (exact) mass is 538 g/mol. The van der Waals surface area contributed by atoms with Crippen LogP contribution in [0.2, 0.25) is 0 Å². The van der Waals surface area contributed by atoms with Gasteiger partial charge in [0.1, 0.15) is 23.5 Å². The lowest BCUT2D eigenvalue weighted by molar-refractivity contribution is 0.638. The fourth-order valence-electron chi connectivity index (χ4n) is 5.85. The summed E-state index contributed by atoms with van der Waals surface area (Å²) in [5, 5.41) is 18.5. The maximum Gasteiger partial charge on any atom is 0.137 e. The third-order valence-electron chi connectivity index (χ3n) is 8.33. The molecule has 0 N–H and O–H groups in total. The zero-order valence-corrected chi connectivity index (χ0v) is 24.3. The van der Waals surface area contributed by atoms with Gasteiger partial charge in [-0.2, -0.15) is 10.5 Å². The highest BCUT2D eigenvalue weighted by atomic mass is 32.1. The molecule has 0 fully saturated rings. The van der Waals surface area contributed by atoms with Gasteiger partial charge < -0.3 is 0 Å². The predicted molar refractivity (Wildman–Crippen MR) is 165 cm³/mol. The zero-order valence-electron chi connectivity index (χ0n) is 23.5. The molecule has 0 bridgehead atoms. The van der Waals surface area contributed by atoms with E-state index >= 15 is 0 Å². The second-order valence-electron chi connectivity index (χ2n) is 11.2. The maximum atomic E-state index is 9.23. The number of aromatic nitrogens is 1. The molecule has 4 nitrogen and oxygen atoms in total. The Morgan fingerprint density at radius 3 is 2.45 bits per heavy atom. The normalized spacial score (nSPS) is 14.0. The first-order valence-corrected chi connectivity index (χ1v) is 14.4. The van der Waals surface area contributed by atoms with E-state index in [9.17, 15) is 10.5 Å². The lowest BCUT2D eigenvalue weighted by Gasteiger charge is -2.28. The molecule has 0 amide bonds. The lowest BCUT2D eigenvalue weighted by atomic mass is 9.86. The standard InChI is InChI=1S/C35H30N4S/c1-21-14-28(15-22(2)23(21)3)39(27-11-10-25-8-6-7-9-26(25)17-27)32-13-12-30-33-31(35(4,5)34(30)38-32)18-29(40-33)16-24(19-36)20-37/h6,8,10-18H,7,9H2,1-5H3. The van der Waals surface area contributed by atoms with Crippen molar-refractivity contribution in [2.75, 3.05) is 4.90 Å². The first kappa shape index (κ1) is 25.8. The van der Waals surface area contributed by atoms with Crippen LogP contribution >= 0.6 is 11.3 Å². The minimum absolute atomic E-state index is 0.117. The Hall–Kier alpha value is -4.45. The van der Waals surface area contributed by atoms with Gasteiger partial charge in [0.2, 0.25) is 0 Å². The molecule has 2 aromatic heterocycles. The zero-order chi connectivity index (χ0) is 28.2. The van der Waals surface area contributed by atoms with Crippen molar-refractivity contribution in [3.05, 3.63) is 104 Å². The molecule has 2 aliphatic rings.